The van der Waals surface area contributed by atoms with Crippen molar-refractivity contribution in [3.8, 4) is 0 Å². The van der Waals surface area contributed by atoms with Gasteiger partial charge in [-0.3, -0.25) is 9.98 Å². The van der Waals surface area contributed by atoms with Gasteiger partial charge < -0.3 is 0 Å². The van der Waals surface area contributed by atoms with E-state index in [1.54, 1.807) is 18.2 Å². The Morgan fingerprint density at radius 3 is 2.32 bits per heavy atom. The van der Waals surface area contributed by atoms with Crippen LogP contribution < -0.4 is 0 Å². The first-order valence-corrected chi connectivity index (χ1v) is 5.72. The molecule has 0 saturated heterocycles. The topological polar surface area (TPSA) is 37.6 Å². The van der Waals surface area contributed by atoms with Gasteiger partial charge in [0.05, 0.1) is 24.1 Å². The van der Waals surface area contributed by atoms with Crippen molar-refractivity contribution in [2.45, 2.75) is 0 Å². The van der Waals surface area contributed by atoms with Crippen LogP contribution in [0.25, 0.3) is 0 Å². The number of halogens is 2. The van der Waals surface area contributed by atoms with Crippen LogP contribution in [0.1, 0.15) is 11.3 Å². The first-order valence-electron chi connectivity index (χ1n) is 5.72. The van der Waals surface area contributed by atoms with Crippen molar-refractivity contribution in [3.63, 3.8) is 0 Å². The van der Waals surface area contributed by atoms with Gasteiger partial charge in [0.15, 0.2) is 5.84 Å². The molecule has 0 aliphatic carbocycles. The van der Waals surface area contributed by atoms with Gasteiger partial charge in [-0.15, -0.1) is 0 Å². The van der Waals surface area contributed by atoms with Crippen molar-refractivity contribution in [2.24, 2.45) is 9.98 Å². The number of benzene rings is 1. The Morgan fingerprint density at radius 1 is 0.895 bits per heavy atom. The number of nitrogens with zero attached hydrogens (tertiary/aromatic N) is 3. The summed E-state index contributed by atoms with van der Waals surface area (Å²) in [6, 6.07) is 8.87. The van der Waals surface area contributed by atoms with E-state index in [-0.39, 0.29) is 11.6 Å². The van der Waals surface area contributed by atoms with Crippen LogP contribution in [-0.4, -0.2) is 23.1 Å². The summed E-state index contributed by atoms with van der Waals surface area (Å²) >= 11 is 0. The largest absolute Gasteiger partial charge is 0.260 e. The second-order valence-corrected chi connectivity index (χ2v) is 4.07. The van der Waals surface area contributed by atoms with Crippen LogP contribution in [0.5, 0.6) is 0 Å². The van der Waals surface area contributed by atoms with Crippen LogP contribution in [0.15, 0.2) is 52.6 Å². The van der Waals surface area contributed by atoms with Crippen LogP contribution in [0, 0.1) is 11.6 Å². The standard InChI is InChI=1S/C14H9F2N3/c15-10-3-1-9(2-4-10)14-18-8-13(19-14)12-6-5-11(16)7-17-12/h1-7H,8H2. The highest BCUT2D eigenvalue weighted by molar-refractivity contribution is 6.16. The molecule has 1 aliphatic heterocycles. The van der Waals surface area contributed by atoms with Gasteiger partial charge in [-0.2, -0.15) is 0 Å². The van der Waals surface area contributed by atoms with Gasteiger partial charge in [-0.05, 0) is 36.4 Å². The zero-order chi connectivity index (χ0) is 13.2. The lowest BCUT2D eigenvalue weighted by molar-refractivity contribution is 0.621. The summed E-state index contributed by atoms with van der Waals surface area (Å²) in [6.45, 7) is 0.394. The molecule has 3 rings (SSSR count). The first-order chi connectivity index (χ1) is 9.22. The molecule has 19 heavy (non-hydrogen) atoms. The molecule has 0 spiro atoms. The highest BCUT2D eigenvalue weighted by atomic mass is 19.1. The fourth-order valence-electron chi connectivity index (χ4n) is 1.79. The van der Waals surface area contributed by atoms with Crippen LogP contribution in [0.4, 0.5) is 8.78 Å². The molecule has 2 heterocycles. The molecule has 0 fully saturated rings. The molecule has 1 aromatic carbocycles. The van der Waals surface area contributed by atoms with Gasteiger partial charge in [0.1, 0.15) is 11.6 Å². The second-order valence-electron chi connectivity index (χ2n) is 4.07. The van der Waals surface area contributed by atoms with Crippen molar-refractivity contribution in [1.29, 1.82) is 0 Å². The zero-order valence-corrected chi connectivity index (χ0v) is 9.85. The minimum atomic E-state index is -0.387. The molecular formula is C14H9F2N3. The predicted molar refractivity (Wildman–Crippen MR) is 68.5 cm³/mol. The number of hydrogen-bond donors (Lipinski definition) is 0. The first kappa shape index (κ1) is 11.6. The third-order valence-electron chi connectivity index (χ3n) is 2.74. The quantitative estimate of drug-likeness (QED) is 0.814. The average molecular weight is 257 g/mol. The molecule has 5 heteroatoms. The SMILES string of the molecule is Fc1ccc(C2=NCC(c3ccc(F)cn3)=N2)cc1. The minimum Gasteiger partial charge on any atom is -0.260 e. The summed E-state index contributed by atoms with van der Waals surface area (Å²) in [5.41, 5.74) is 2.03. The summed E-state index contributed by atoms with van der Waals surface area (Å²) in [4.78, 5) is 12.6. The van der Waals surface area contributed by atoms with Crippen molar-refractivity contribution < 1.29 is 8.78 Å². The number of pyridine rings is 1. The molecular weight excluding hydrogens is 248 g/mol. The molecule has 2 aromatic rings. The third kappa shape index (κ3) is 2.40. The Morgan fingerprint density at radius 2 is 1.63 bits per heavy atom. The summed E-state index contributed by atoms with van der Waals surface area (Å²) in [6.07, 6.45) is 1.15. The molecule has 1 aromatic heterocycles. The summed E-state index contributed by atoms with van der Waals surface area (Å²) in [5.74, 6) is -0.144. The monoisotopic (exact) mass is 257 g/mol. The van der Waals surface area contributed by atoms with Crippen LogP contribution in [-0.2, 0) is 0 Å². The molecule has 0 bridgehead atoms. The number of aromatic nitrogens is 1. The van der Waals surface area contributed by atoms with Gasteiger partial charge >= 0.3 is 0 Å². The van der Waals surface area contributed by atoms with E-state index in [4.69, 9.17) is 0 Å². The Hall–Kier alpha value is -2.43. The van der Waals surface area contributed by atoms with Crippen molar-refractivity contribution in [1.82, 2.24) is 4.98 Å². The number of aliphatic imine (C=N–C) groups is 2. The van der Waals surface area contributed by atoms with E-state index in [9.17, 15) is 8.78 Å². The van der Waals surface area contributed by atoms with E-state index < -0.39 is 0 Å². The molecule has 3 nitrogen and oxygen atoms in total. The van der Waals surface area contributed by atoms with Gasteiger partial charge in [0.2, 0.25) is 0 Å². The molecule has 0 radical (unpaired) electrons. The Kier molecular flexibility index (Phi) is 2.87. The lowest BCUT2D eigenvalue weighted by atomic mass is 10.2. The Balaban J connectivity index is 1.87. The lowest BCUT2D eigenvalue weighted by Gasteiger charge is -1.98. The summed E-state index contributed by atoms with van der Waals surface area (Å²) in [7, 11) is 0. The zero-order valence-electron chi connectivity index (χ0n) is 9.85. The van der Waals surface area contributed by atoms with Crippen LogP contribution in [0.3, 0.4) is 0 Å². The smallest absolute Gasteiger partial charge is 0.155 e. The number of hydrogen-bond acceptors (Lipinski definition) is 3. The predicted octanol–water partition coefficient (Wildman–Crippen LogP) is 2.61. The van der Waals surface area contributed by atoms with Gasteiger partial charge in [0.25, 0.3) is 0 Å². The maximum Gasteiger partial charge on any atom is 0.155 e. The van der Waals surface area contributed by atoms with Crippen LogP contribution >= 0.6 is 0 Å². The van der Waals surface area contributed by atoms with Gasteiger partial charge in [-0.25, -0.2) is 13.8 Å². The van der Waals surface area contributed by atoms with E-state index in [1.807, 2.05) is 0 Å². The number of rotatable bonds is 2. The molecule has 94 valence electrons. The maximum atomic E-state index is 12.8. The Labute approximate surface area is 108 Å². The lowest BCUT2D eigenvalue weighted by Crippen LogP contribution is -2.04. The average Bonchev–Trinajstić information content (AvgIpc) is 2.90. The Bertz CT molecular complexity index is 658. The van der Waals surface area contributed by atoms with E-state index in [2.05, 4.69) is 15.0 Å². The van der Waals surface area contributed by atoms with E-state index >= 15 is 0 Å². The fourth-order valence-corrected chi connectivity index (χ4v) is 1.79. The van der Waals surface area contributed by atoms with E-state index in [1.165, 1.54) is 18.2 Å². The van der Waals surface area contributed by atoms with Crippen LogP contribution in [0.2, 0.25) is 0 Å². The third-order valence-corrected chi connectivity index (χ3v) is 2.74. The normalized spacial score (nSPS) is 14.2. The van der Waals surface area contributed by atoms with Crippen molar-refractivity contribution in [2.75, 3.05) is 6.54 Å². The van der Waals surface area contributed by atoms with E-state index in [0.717, 1.165) is 11.8 Å². The summed E-state index contributed by atoms with van der Waals surface area (Å²) in [5, 5.41) is 0. The highest BCUT2D eigenvalue weighted by Crippen LogP contribution is 2.12. The molecule has 0 atom stereocenters. The molecule has 0 N–H and O–H groups in total. The van der Waals surface area contributed by atoms with Gasteiger partial charge in [-0.1, -0.05) is 0 Å². The molecule has 0 unspecified atom stereocenters. The molecule has 1 aliphatic rings. The van der Waals surface area contributed by atoms with E-state index in [0.29, 0.717) is 23.8 Å². The number of amidine groups is 1. The fraction of sp³-hybridized carbons (Fsp3) is 0.0714. The van der Waals surface area contributed by atoms with Gasteiger partial charge in [0, 0.05) is 5.56 Å². The minimum absolute atomic E-state index is 0.299. The summed E-state index contributed by atoms with van der Waals surface area (Å²) < 4.78 is 25.6. The van der Waals surface area contributed by atoms with Crippen molar-refractivity contribution in [3.05, 3.63) is 65.5 Å². The molecule has 0 saturated carbocycles. The highest BCUT2D eigenvalue weighted by Gasteiger charge is 2.14. The van der Waals surface area contributed by atoms with Crippen molar-refractivity contribution >= 4 is 11.5 Å². The molecule has 0 amide bonds. The maximum absolute atomic E-state index is 12.8. The second kappa shape index (κ2) is 4.68.